The molecule has 3 aliphatic rings. The molecule has 108 valence electrons. The lowest BCUT2D eigenvalue weighted by molar-refractivity contribution is -0.131. The van der Waals surface area contributed by atoms with Gasteiger partial charge in [0.15, 0.2) is 0 Å². The summed E-state index contributed by atoms with van der Waals surface area (Å²) in [6.45, 7) is 8.92. The first-order valence-electron chi connectivity index (χ1n) is 7.99. The Morgan fingerprint density at radius 3 is 2.74 bits per heavy atom. The first-order chi connectivity index (χ1) is 9.18. The van der Waals surface area contributed by atoms with Gasteiger partial charge in [0.25, 0.3) is 0 Å². The van der Waals surface area contributed by atoms with E-state index in [1.54, 1.807) is 0 Å². The molecular weight excluding hydrogens is 238 g/mol. The molecule has 1 amide bonds. The van der Waals surface area contributed by atoms with Crippen molar-refractivity contribution in [3.63, 3.8) is 0 Å². The van der Waals surface area contributed by atoms with E-state index in [4.69, 9.17) is 0 Å². The molecular formula is C15H27N3O. The molecule has 0 aromatic heterocycles. The Morgan fingerprint density at radius 1 is 1.37 bits per heavy atom. The van der Waals surface area contributed by atoms with Crippen LogP contribution >= 0.6 is 0 Å². The highest BCUT2D eigenvalue weighted by atomic mass is 16.2. The van der Waals surface area contributed by atoms with Gasteiger partial charge in [-0.2, -0.15) is 0 Å². The molecule has 0 bridgehead atoms. The lowest BCUT2D eigenvalue weighted by atomic mass is 10.1. The summed E-state index contributed by atoms with van der Waals surface area (Å²) >= 11 is 0. The Hall–Kier alpha value is -0.610. The van der Waals surface area contributed by atoms with E-state index in [0.717, 1.165) is 38.8 Å². The zero-order chi connectivity index (χ0) is 13.5. The van der Waals surface area contributed by atoms with Crippen LogP contribution in [0.4, 0.5) is 0 Å². The topological polar surface area (TPSA) is 35.6 Å². The van der Waals surface area contributed by atoms with Crippen LogP contribution < -0.4 is 5.32 Å². The molecule has 0 aromatic carbocycles. The molecule has 2 saturated heterocycles. The quantitative estimate of drug-likeness (QED) is 0.816. The van der Waals surface area contributed by atoms with Crippen molar-refractivity contribution >= 4 is 5.91 Å². The number of rotatable bonds is 5. The summed E-state index contributed by atoms with van der Waals surface area (Å²) in [5.41, 5.74) is -0.136. The van der Waals surface area contributed by atoms with Crippen molar-refractivity contribution in [2.45, 2.75) is 57.7 Å². The fraction of sp³-hybridized carbons (Fsp3) is 0.933. The molecule has 0 aromatic rings. The molecule has 2 heterocycles. The molecule has 1 aliphatic carbocycles. The van der Waals surface area contributed by atoms with Crippen molar-refractivity contribution in [2.24, 2.45) is 5.92 Å². The number of carbonyl (C=O) groups is 1. The van der Waals surface area contributed by atoms with Crippen molar-refractivity contribution in [3.05, 3.63) is 0 Å². The van der Waals surface area contributed by atoms with Crippen molar-refractivity contribution in [3.8, 4) is 0 Å². The van der Waals surface area contributed by atoms with Gasteiger partial charge in [0.05, 0.1) is 11.7 Å². The highest BCUT2D eigenvalue weighted by Gasteiger charge is 2.58. The van der Waals surface area contributed by atoms with Crippen molar-refractivity contribution in [1.29, 1.82) is 0 Å². The summed E-state index contributed by atoms with van der Waals surface area (Å²) in [6, 6.07) is 0. The van der Waals surface area contributed by atoms with Crippen LogP contribution in [0.2, 0.25) is 0 Å². The molecule has 19 heavy (non-hydrogen) atoms. The fourth-order valence-electron chi connectivity index (χ4n) is 3.70. The summed E-state index contributed by atoms with van der Waals surface area (Å²) in [5.74, 6) is 1.07. The molecule has 3 fully saturated rings. The maximum atomic E-state index is 12.6. The number of likely N-dealkylation sites (tertiary alicyclic amines) is 1. The third-order valence-corrected chi connectivity index (χ3v) is 5.07. The Balaban J connectivity index is 1.63. The Bertz CT molecular complexity index is 353. The van der Waals surface area contributed by atoms with Crippen LogP contribution in [0.15, 0.2) is 0 Å². The van der Waals surface area contributed by atoms with Gasteiger partial charge in [0.2, 0.25) is 5.91 Å². The number of nitrogens with zero attached hydrogens (tertiary/aromatic N) is 2. The van der Waals surface area contributed by atoms with E-state index in [1.165, 1.54) is 19.5 Å². The van der Waals surface area contributed by atoms with Gasteiger partial charge in [0.1, 0.15) is 0 Å². The summed E-state index contributed by atoms with van der Waals surface area (Å²) in [4.78, 5) is 17.2. The van der Waals surface area contributed by atoms with Crippen LogP contribution in [0.5, 0.6) is 0 Å². The van der Waals surface area contributed by atoms with Gasteiger partial charge in [-0.05, 0) is 44.7 Å². The van der Waals surface area contributed by atoms with Crippen molar-refractivity contribution in [2.75, 3.05) is 26.2 Å². The predicted molar refractivity (Wildman–Crippen MR) is 75.7 cm³/mol. The summed E-state index contributed by atoms with van der Waals surface area (Å²) in [6.07, 6.45) is 5.89. The van der Waals surface area contributed by atoms with Crippen LogP contribution in [0.1, 0.15) is 46.0 Å². The van der Waals surface area contributed by atoms with E-state index in [9.17, 15) is 4.79 Å². The van der Waals surface area contributed by atoms with Crippen LogP contribution in [0.25, 0.3) is 0 Å². The second-order valence-corrected chi connectivity index (χ2v) is 6.54. The average Bonchev–Trinajstić information content (AvgIpc) is 2.97. The van der Waals surface area contributed by atoms with Crippen molar-refractivity contribution < 1.29 is 4.79 Å². The second kappa shape index (κ2) is 5.06. The summed E-state index contributed by atoms with van der Waals surface area (Å²) < 4.78 is 0. The summed E-state index contributed by atoms with van der Waals surface area (Å²) in [5, 5.41) is 3.60. The van der Waals surface area contributed by atoms with Crippen LogP contribution in [0.3, 0.4) is 0 Å². The standard InChI is InChI=1S/C15H27N3O/c1-3-5-13-16-15(7-8-15)14(19)18(13)11-12-6-9-17(4-2)10-12/h12-13,16H,3-11H2,1-2H3. The SMILES string of the molecule is CCCC1NC2(CC2)C(=O)N1CC1CCN(CC)C1. The van der Waals surface area contributed by atoms with E-state index in [2.05, 4.69) is 29.0 Å². The zero-order valence-corrected chi connectivity index (χ0v) is 12.3. The fourth-order valence-corrected chi connectivity index (χ4v) is 3.70. The molecule has 4 nitrogen and oxygen atoms in total. The Labute approximate surface area is 116 Å². The third kappa shape index (κ3) is 2.40. The third-order valence-electron chi connectivity index (χ3n) is 5.07. The van der Waals surface area contributed by atoms with Crippen LogP contribution in [0, 0.1) is 5.92 Å². The van der Waals surface area contributed by atoms with E-state index < -0.39 is 0 Å². The highest BCUT2D eigenvalue weighted by Crippen LogP contribution is 2.43. The van der Waals surface area contributed by atoms with Crippen LogP contribution in [-0.2, 0) is 4.79 Å². The molecule has 1 spiro atoms. The maximum absolute atomic E-state index is 12.6. The van der Waals surface area contributed by atoms with Gasteiger partial charge in [-0.15, -0.1) is 0 Å². The smallest absolute Gasteiger partial charge is 0.244 e. The van der Waals surface area contributed by atoms with E-state index >= 15 is 0 Å². The van der Waals surface area contributed by atoms with Gasteiger partial charge in [-0.1, -0.05) is 20.3 Å². The number of hydrogen-bond donors (Lipinski definition) is 1. The number of amides is 1. The largest absolute Gasteiger partial charge is 0.325 e. The number of nitrogens with one attached hydrogen (secondary N) is 1. The molecule has 1 saturated carbocycles. The molecule has 2 aliphatic heterocycles. The monoisotopic (exact) mass is 265 g/mol. The molecule has 2 unspecified atom stereocenters. The van der Waals surface area contributed by atoms with Gasteiger partial charge in [-0.3, -0.25) is 10.1 Å². The molecule has 1 N–H and O–H groups in total. The normalized spacial score (nSPS) is 33.6. The minimum absolute atomic E-state index is 0.136. The lowest BCUT2D eigenvalue weighted by Crippen LogP contribution is -2.40. The van der Waals surface area contributed by atoms with E-state index in [1.807, 2.05) is 0 Å². The molecule has 4 heteroatoms. The van der Waals surface area contributed by atoms with Gasteiger partial charge >= 0.3 is 0 Å². The Morgan fingerprint density at radius 2 is 2.16 bits per heavy atom. The number of hydrogen-bond acceptors (Lipinski definition) is 3. The first kappa shape index (κ1) is 13.4. The maximum Gasteiger partial charge on any atom is 0.244 e. The molecule has 2 atom stereocenters. The van der Waals surface area contributed by atoms with Gasteiger partial charge in [-0.25, -0.2) is 0 Å². The van der Waals surface area contributed by atoms with Gasteiger partial charge < -0.3 is 9.80 Å². The van der Waals surface area contributed by atoms with Crippen LogP contribution in [-0.4, -0.2) is 53.6 Å². The minimum Gasteiger partial charge on any atom is -0.325 e. The number of carbonyl (C=O) groups excluding carboxylic acids is 1. The minimum atomic E-state index is -0.136. The van der Waals surface area contributed by atoms with E-state index in [0.29, 0.717) is 18.0 Å². The average molecular weight is 265 g/mol. The Kier molecular flexibility index (Phi) is 3.56. The first-order valence-corrected chi connectivity index (χ1v) is 7.99. The lowest BCUT2D eigenvalue weighted by Gasteiger charge is -2.27. The van der Waals surface area contributed by atoms with E-state index in [-0.39, 0.29) is 5.54 Å². The molecule has 3 rings (SSSR count). The highest BCUT2D eigenvalue weighted by molar-refractivity contribution is 5.91. The van der Waals surface area contributed by atoms with Crippen molar-refractivity contribution in [1.82, 2.24) is 15.1 Å². The molecule has 0 radical (unpaired) electrons. The summed E-state index contributed by atoms with van der Waals surface area (Å²) in [7, 11) is 0. The predicted octanol–water partition coefficient (Wildman–Crippen LogP) is 1.42. The second-order valence-electron chi connectivity index (χ2n) is 6.54. The van der Waals surface area contributed by atoms with Gasteiger partial charge in [0, 0.05) is 13.1 Å². The zero-order valence-electron chi connectivity index (χ0n) is 12.3.